The van der Waals surface area contributed by atoms with E-state index in [1.807, 2.05) is 19.1 Å². The minimum atomic E-state index is -1.35. The number of phenols is 1. The molecule has 0 amide bonds. The van der Waals surface area contributed by atoms with Crippen molar-refractivity contribution in [2.45, 2.75) is 25.7 Å². The number of carbonyl (C=O) groups excluding carboxylic acids is 1. The molecule has 4 heteroatoms. The number of phenolic OH excluding ortho intramolecular Hbond substituents is 1. The second-order valence-electron chi connectivity index (χ2n) is 5.18. The van der Waals surface area contributed by atoms with Gasteiger partial charge in [-0.05, 0) is 56.2 Å². The summed E-state index contributed by atoms with van der Waals surface area (Å²) >= 11 is 0. The third kappa shape index (κ3) is 3.58. The van der Waals surface area contributed by atoms with Gasteiger partial charge in [-0.25, -0.2) is 0 Å². The first-order chi connectivity index (χ1) is 9.88. The summed E-state index contributed by atoms with van der Waals surface area (Å²) < 4.78 is 12.2. The second-order valence-corrected chi connectivity index (χ2v) is 6.64. The minimum Gasteiger partial charge on any atom is -0.507 e. The van der Waals surface area contributed by atoms with Crippen molar-refractivity contribution in [1.29, 1.82) is 0 Å². The van der Waals surface area contributed by atoms with E-state index in [0.717, 1.165) is 5.56 Å². The van der Waals surface area contributed by atoms with Crippen LogP contribution in [0.5, 0.6) is 5.75 Å². The van der Waals surface area contributed by atoms with Crippen LogP contribution in [0.2, 0.25) is 0 Å². The summed E-state index contributed by atoms with van der Waals surface area (Å²) in [5, 5.41) is 9.73. The number of aromatic hydroxyl groups is 1. The lowest BCUT2D eigenvalue weighted by atomic mass is 10.0. The number of Topliss-reactive ketones (excluding diaryl/α,β-unsaturated/α-hetero) is 1. The lowest BCUT2D eigenvalue weighted by Crippen LogP contribution is -2.11. The van der Waals surface area contributed by atoms with Gasteiger partial charge in [-0.2, -0.15) is 0 Å². The van der Waals surface area contributed by atoms with Crippen LogP contribution in [0.1, 0.15) is 27.0 Å². The van der Waals surface area contributed by atoms with Gasteiger partial charge in [0.05, 0.1) is 16.6 Å². The lowest BCUT2D eigenvalue weighted by molar-refractivity contribution is 0.102. The Labute approximate surface area is 127 Å². The van der Waals surface area contributed by atoms with Crippen LogP contribution in [0.3, 0.4) is 0 Å². The number of carbonyl (C=O) groups is 1. The fourth-order valence-electron chi connectivity index (χ4n) is 2.09. The molecule has 2 aromatic rings. The Morgan fingerprint density at radius 3 is 2.10 bits per heavy atom. The summed E-state index contributed by atoms with van der Waals surface area (Å²) in [4.78, 5) is 12.9. The predicted octanol–water partition coefficient (Wildman–Crippen LogP) is 3.31. The maximum atomic E-state index is 12.2. The molecular formula is C17H18O3S. The SMILES string of the molecule is Cc1ccc(S(=O)CC(=O)c2cc(C)c(O)c(C)c2)cc1. The minimum absolute atomic E-state index is 0.0489. The molecule has 1 atom stereocenters. The zero-order valence-corrected chi connectivity index (χ0v) is 13.2. The molecule has 0 saturated carbocycles. The van der Waals surface area contributed by atoms with E-state index in [2.05, 4.69) is 0 Å². The monoisotopic (exact) mass is 302 g/mol. The van der Waals surface area contributed by atoms with Gasteiger partial charge in [-0.3, -0.25) is 9.00 Å². The summed E-state index contributed by atoms with van der Waals surface area (Å²) in [6.45, 7) is 5.45. The number of aryl methyl sites for hydroxylation is 3. The van der Waals surface area contributed by atoms with Crippen molar-refractivity contribution < 1.29 is 14.1 Å². The van der Waals surface area contributed by atoms with Gasteiger partial charge in [0.1, 0.15) is 5.75 Å². The highest BCUT2D eigenvalue weighted by molar-refractivity contribution is 7.85. The average Bonchev–Trinajstić information content (AvgIpc) is 2.44. The van der Waals surface area contributed by atoms with E-state index >= 15 is 0 Å². The lowest BCUT2D eigenvalue weighted by Gasteiger charge is -2.07. The average molecular weight is 302 g/mol. The number of rotatable bonds is 4. The first kappa shape index (κ1) is 15.4. The van der Waals surface area contributed by atoms with E-state index in [0.29, 0.717) is 21.6 Å². The third-order valence-electron chi connectivity index (χ3n) is 3.36. The molecule has 0 spiro atoms. The van der Waals surface area contributed by atoms with E-state index in [1.165, 1.54) is 0 Å². The summed E-state index contributed by atoms with van der Waals surface area (Å²) in [5.41, 5.74) is 2.88. The largest absolute Gasteiger partial charge is 0.507 e. The third-order valence-corrected chi connectivity index (χ3v) is 4.68. The van der Waals surface area contributed by atoms with Gasteiger partial charge < -0.3 is 5.11 Å². The van der Waals surface area contributed by atoms with Crippen molar-refractivity contribution in [2.75, 3.05) is 5.75 Å². The van der Waals surface area contributed by atoms with E-state index in [-0.39, 0.29) is 17.3 Å². The molecule has 1 N–H and O–H groups in total. The highest BCUT2D eigenvalue weighted by Gasteiger charge is 2.14. The normalized spacial score (nSPS) is 12.1. The van der Waals surface area contributed by atoms with Crippen molar-refractivity contribution in [3.63, 3.8) is 0 Å². The maximum absolute atomic E-state index is 12.2. The van der Waals surface area contributed by atoms with Crippen molar-refractivity contribution >= 4 is 16.6 Å². The molecule has 3 nitrogen and oxygen atoms in total. The Bertz CT molecular complexity index is 679. The number of hydrogen-bond acceptors (Lipinski definition) is 3. The van der Waals surface area contributed by atoms with Crippen LogP contribution in [-0.4, -0.2) is 20.9 Å². The fraction of sp³-hybridized carbons (Fsp3) is 0.235. The molecular weight excluding hydrogens is 284 g/mol. The van der Waals surface area contributed by atoms with Crippen molar-refractivity contribution in [2.24, 2.45) is 0 Å². The van der Waals surface area contributed by atoms with Gasteiger partial charge in [0.15, 0.2) is 5.78 Å². The number of ketones is 1. The molecule has 0 aromatic heterocycles. The van der Waals surface area contributed by atoms with Gasteiger partial charge in [0, 0.05) is 10.5 Å². The van der Waals surface area contributed by atoms with Crippen LogP contribution < -0.4 is 0 Å². The first-order valence-corrected chi connectivity index (χ1v) is 7.99. The van der Waals surface area contributed by atoms with Gasteiger partial charge in [-0.1, -0.05) is 17.7 Å². The molecule has 0 radical (unpaired) electrons. The molecule has 0 heterocycles. The molecule has 0 aliphatic heterocycles. The number of benzene rings is 2. The first-order valence-electron chi connectivity index (χ1n) is 6.67. The Balaban J connectivity index is 2.18. The Kier molecular flexibility index (Phi) is 4.58. The van der Waals surface area contributed by atoms with Crippen molar-refractivity contribution in [1.82, 2.24) is 0 Å². The fourth-order valence-corrected chi connectivity index (χ4v) is 3.10. The summed E-state index contributed by atoms with van der Waals surface area (Å²) in [7, 11) is -1.35. The molecule has 0 aliphatic carbocycles. The zero-order chi connectivity index (χ0) is 15.6. The highest BCUT2D eigenvalue weighted by atomic mass is 32.2. The Morgan fingerprint density at radius 1 is 1.05 bits per heavy atom. The van der Waals surface area contributed by atoms with E-state index < -0.39 is 10.8 Å². The van der Waals surface area contributed by atoms with Gasteiger partial charge in [-0.15, -0.1) is 0 Å². The number of hydrogen-bond donors (Lipinski definition) is 1. The molecule has 2 rings (SSSR count). The summed E-state index contributed by atoms with van der Waals surface area (Å²) in [6, 6.07) is 10.6. The Hall–Kier alpha value is -1.94. The molecule has 0 bridgehead atoms. The van der Waals surface area contributed by atoms with Crippen LogP contribution >= 0.6 is 0 Å². The quantitative estimate of drug-likeness (QED) is 0.882. The van der Waals surface area contributed by atoms with Gasteiger partial charge in [0.2, 0.25) is 0 Å². The molecule has 21 heavy (non-hydrogen) atoms. The van der Waals surface area contributed by atoms with Crippen molar-refractivity contribution in [3.8, 4) is 5.75 Å². The zero-order valence-electron chi connectivity index (χ0n) is 12.3. The van der Waals surface area contributed by atoms with E-state index in [4.69, 9.17) is 0 Å². The maximum Gasteiger partial charge on any atom is 0.175 e. The van der Waals surface area contributed by atoms with E-state index in [9.17, 15) is 14.1 Å². The molecule has 2 aromatic carbocycles. The predicted molar refractivity (Wildman–Crippen MR) is 84.4 cm³/mol. The molecule has 0 aliphatic rings. The van der Waals surface area contributed by atoms with Crippen LogP contribution in [-0.2, 0) is 10.8 Å². The van der Waals surface area contributed by atoms with Crippen LogP contribution in [0.4, 0.5) is 0 Å². The van der Waals surface area contributed by atoms with Crippen LogP contribution in [0.15, 0.2) is 41.3 Å². The topological polar surface area (TPSA) is 54.4 Å². The van der Waals surface area contributed by atoms with E-state index in [1.54, 1.807) is 38.1 Å². The highest BCUT2D eigenvalue weighted by Crippen LogP contribution is 2.23. The molecule has 0 saturated heterocycles. The summed E-state index contributed by atoms with van der Waals surface area (Å²) in [6.07, 6.45) is 0. The Morgan fingerprint density at radius 2 is 1.57 bits per heavy atom. The van der Waals surface area contributed by atoms with Crippen molar-refractivity contribution in [3.05, 3.63) is 58.7 Å². The molecule has 1 unspecified atom stereocenters. The summed E-state index contributed by atoms with van der Waals surface area (Å²) in [5.74, 6) is -0.0292. The van der Waals surface area contributed by atoms with Gasteiger partial charge >= 0.3 is 0 Å². The van der Waals surface area contributed by atoms with Gasteiger partial charge in [0.25, 0.3) is 0 Å². The second kappa shape index (κ2) is 6.22. The standard InChI is InChI=1S/C17H18O3S/c1-11-4-6-15(7-5-11)21(20)10-16(18)14-8-12(2)17(19)13(3)9-14/h4-9,19H,10H2,1-3H3. The van der Waals surface area contributed by atoms with Crippen LogP contribution in [0.25, 0.3) is 0 Å². The van der Waals surface area contributed by atoms with Crippen LogP contribution in [0, 0.1) is 20.8 Å². The molecule has 0 fully saturated rings. The molecule has 110 valence electrons. The smallest absolute Gasteiger partial charge is 0.175 e.